The number of hydrogen-bond acceptors (Lipinski definition) is 5. The molecule has 0 radical (unpaired) electrons. The minimum absolute atomic E-state index is 0.0906. The largest absolute Gasteiger partial charge is 0.464 e. The van der Waals surface area contributed by atoms with E-state index in [0.717, 1.165) is 5.56 Å². The van der Waals surface area contributed by atoms with Crippen LogP contribution in [0.1, 0.15) is 29.9 Å². The van der Waals surface area contributed by atoms with Gasteiger partial charge in [0.15, 0.2) is 5.69 Å². The van der Waals surface area contributed by atoms with Crippen LogP contribution in [0.15, 0.2) is 10.7 Å². The summed E-state index contributed by atoms with van der Waals surface area (Å²) in [6.07, 6.45) is 0.623. The summed E-state index contributed by atoms with van der Waals surface area (Å²) in [5.74, 6) is -0.711. The van der Waals surface area contributed by atoms with Crippen LogP contribution in [0.2, 0.25) is 0 Å². The molecular weight excluding hydrogens is 290 g/mol. The van der Waals surface area contributed by atoms with Crippen molar-refractivity contribution in [2.45, 2.75) is 20.3 Å². The monoisotopic (exact) mass is 301 g/mol. The van der Waals surface area contributed by atoms with E-state index in [1.54, 1.807) is 0 Å². The average molecular weight is 302 g/mol. The zero-order valence-corrected chi connectivity index (χ0v) is 11.3. The topological polar surface area (TPSA) is 65.5 Å². The number of methoxy groups -OCH3 is 1. The quantitative estimate of drug-likeness (QED) is 0.632. The van der Waals surface area contributed by atoms with E-state index in [0.29, 0.717) is 16.8 Å². The smallest absolute Gasteiger partial charge is 0.356 e. The van der Waals surface area contributed by atoms with E-state index in [9.17, 15) is 9.59 Å². The van der Waals surface area contributed by atoms with Gasteiger partial charge < -0.3 is 9.47 Å². The third-order valence-electron chi connectivity index (χ3n) is 2.03. The van der Waals surface area contributed by atoms with Gasteiger partial charge in [0.2, 0.25) is 0 Å². The molecule has 1 rings (SSSR count). The van der Waals surface area contributed by atoms with Crippen molar-refractivity contribution in [1.82, 2.24) is 4.98 Å². The molecule has 5 nitrogen and oxygen atoms in total. The molecule has 0 aliphatic heterocycles. The fourth-order valence-electron chi connectivity index (χ4n) is 1.29. The summed E-state index contributed by atoms with van der Waals surface area (Å²) in [5, 5.41) is 0. The van der Waals surface area contributed by atoms with Crippen molar-refractivity contribution in [3.8, 4) is 5.75 Å². The van der Waals surface area contributed by atoms with Crippen LogP contribution >= 0.6 is 15.9 Å². The van der Waals surface area contributed by atoms with E-state index in [2.05, 4.69) is 25.7 Å². The van der Waals surface area contributed by atoms with Crippen LogP contribution < -0.4 is 4.74 Å². The van der Waals surface area contributed by atoms with Crippen molar-refractivity contribution in [3.05, 3.63) is 21.9 Å². The van der Waals surface area contributed by atoms with Gasteiger partial charge in [0.05, 0.1) is 7.11 Å². The fourth-order valence-corrected chi connectivity index (χ4v) is 1.96. The average Bonchev–Trinajstić information content (AvgIpc) is 2.26. The molecule has 1 aromatic rings. The second-order valence-corrected chi connectivity index (χ2v) is 3.96. The number of rotatable bonds is 3. The van der Waals surface area contributed by atoms with Gasteiger partial charge in [-0.3, -0.25) is 4.79 Å². The van der Waals surface area contributed by atoms with Crippen LogP contribution in [-0.4, -0.2) is 24.0 Å². The minimum atomic E-state index is -0.582. The Bertz CT molecular complexity index is 459. The second-order valence-electron chi connectivity index (χ2n) is 3.21. The van der Waals surface area contributed by atoms with Gasteiger partial charge in [0, 0.05) is 18.6 Å². The first kappa shape index (κ1) is 13.6. The first-order valence-electron chi connectivity index (χ1n) is 4.95. The molecule has 0 unspecified atom stereocenters. The van der Waals surface area contributed by atoms with Crippen LogP contribution in [0.25, 0.3) is 0 Å². The summed E-state index contributed by atoms with van der Waals surface area (Å²) in [6, 6.07) is 1.40. The number of carbonyl (C=O) groups excluding carboxylic acids is 2. The molecule has 0 aromatic carbocycles. The summed E-state index contributed by atoms with van der Waals surface area (Å²) in [6.45, 7) is 3.19. The summed E-state index contributed by atoms with van der Waals surface area (Å²) < 4.78 is 10.1. The molecule has 0 aliphatic rings. The van der Waals surface area contributed by atoms with E-state index >= 15 is 0 Å². The zero-order valence-electron chi connectivity index (χ0n) is 9.74. The minimum Gasteiger partial charge on any atom is -0.464 e. The van der Waals surface area contributed by atoms with Crippen LogP contribution in [0.4, 0.5) is 0 Å². The lowest BCUT2D eigenvalue weighted by Gasteiger charge is -2.10. The van der Waals surface area contributed by atoms with E-state index in [1.165, 1.54) is 20.1 Å². The molecule has 92 valence electrons. The maximum absolute atomic E-state index is 11.4. The summed E-state index contributed by atoms with van der Waals surface area (Å²) in [4.78, 5) is 26.4. The van der Waals surface area contributed by atoms with Crippen LogP contribution in [0, 0.1) is 0 Å². The van der Waals surface area contributed by atoms with Gasteiger partial charge in [-0.15, -0.1) is 0 Å². The Morgan fingerprint density at radius 1 is 1.47 bits per heavy atom. The zero-order chi connectivity index (χ0) is 13.0. The lowest BCUT2D eigenvalue weighted by Crippen LogP contribution is -2.10. The number of carbonyl (C=O) groups is 2. The summed E-state index contributed by atoms with van der Waals surface area (Å²) in [7, 11) is 1.26. The van der Waals surface area contributed by atoms with E-state index < -0.39 is 11.9 Å². The Hall–Kier alpha value is -1.43. The van der Waals surface area contributed by atoms with Crippen molar-refractivity contribution in [3.63, 3.8) is 0 Å². The second kappa shape index (κ2) is 5.77. The fraction of sp³-hybridized carbons (Fsp3) is 0.364. The highest BCUT2D eigenvalue weighted by molar-refractivity contribution is 9.10. The summed E-state index contributed by atoms with van der Waals surface area (Å²) in [5.41, 5.74) is 0.820. The molecule has 0 aliphatic carbocycles. The van der Waals surface area contributed by atoms with Gasteiger partial charge in [-0.1, -0.05) is 6.92 Å². The van der Waals surface area contributed by atoms with Crippen LogP contribution in [-0.2, 0) is 16.0 Å². The molecule has 0 saturated carbocycles. The third-order valence-corrected chi connectivity index (χ3v) is 2.69. The number of hydrogen-bond donors (Lipinski definition) is 0. The Labute approximate surface area is 107 Å². The van der Waals surface area contributed by atoms with Gasteiger partial charge in [0.25, 0.3) is 0 Å². The number of ether oxygens (including phenoxy) is 2. The maximum Gasteiger partial charge on any atom is 0.356 e. The SMILES string of the molecule is CCc1c(OC(C)=O)cc(C(=O)OC)nc1Br. The normalized spacial score (nSPS) is 9.88. The standard InChI is InChI=1S/C11H12BrNO4/c1-4-7-9(17-6(2)14)5-8(11(15)16-3)13-10(7)12/h5H,4H2,1-3H3. The Morgan fingerprint density at radius 2 is 2.12 bits per heavy atom. The molecule has 0 spiro atoms. The Morgan fingerprint density at radius 3 is 2.59 bits per heavy atom. The predicted molar refractivity (Wildman–Crippen MR) is 64.0 cm³/mol. The Kier molecular flexibility index (Phi) is 4.62. The van der Waals surface area contributed by atoms with Crippen molar-refractivity contribution >= 4 is 27.9 Å². The number of pyridine rings is 1. The van der Waals surface area contributed by atoms with Crippen LogP contribution in [0.3, 0.4) is 0 Å². The number of esters is 2. The van der Waals surface area contributed by atoms with Crippen molar-refractivity contribution in [2.75, 3.05) is 7.11 Å². The van der Waals surface area contributed by atoms with Gasteiger partial charge >= 0.3 is 11.9 Å². The summed E-state index contributed by atoms with van der Waals surface area (Å²) >= 11 is 3.24. The van der Waals surface area contributed by atoms with Gasteiger partial charge in [-0.2, -0.15) is 0 Å². The molecule has 0 N–H and O–H groups in total. The van der Waals surface area contributed by atoms with Crippen molar-refractivity contribution < 1.29 is 19.1 Å². The molecule has 0 fully saturated rings. The maximum atomic E-state index is 11.4. The molecule has 1 aromatic heterocycles. The molecule has 1 heterocycles. The lowest BCUT2D eigenvalue weighted by atomic mass is 10.2. The molecule has 0 saturated heterocycles. The first-order chi connectivity index (χ1) is 7.99. The Balaban J connectivity index is 3.27. The molecule has 0 bridgehead atoms. The van der Waals surface area contributed by atoms with Crippen molar-refractivity contribution in [1.29, 1.82) is 0 Å². The van der Waals surface area contributed by atoms with Crippen LogP contribution in [0.5, 0.6) is 5.75 Å². The molecular formula is C11H12BrNO4. The van der Waals surface area contributed by atoms with E-state index in [1.807, 2.05) is 6.92 Å². The van der Waals surface area contributed by atoms with Gasteiger partial charge in [-0.05, 0) is 22.4 Å². The molecule has 6 heteroatoms. The number of halogens is 1. The molecule has 17 heavy (non-hydrogen) atoms. The third kappa shape index (κ3) is 3.26. The number of nitrogens with zero attached hydrogens (tertiary/aromatic N) is 1. The lowest BCUT2D eigenvalue weighted by molar-refractivity contribution is -0.131. The molecule has 0 amide bonds. The van der Waals surface area contributed by atoms with Gasteiger partial charge in [0.1, 0.15) is 10.4 Å². The van der Waals surface area contributed by atoms with Gasteiger partial charge in [-0.25, -0.2) is 9.78 Å². The highest BCUT2D eigenvalue weighted by atomic mass is 79.9. The van der Waals surface area contributed by atoms with Crippen molar-refractivity contribution in [2.24, 2.45) is 0 Å². The highest BCUT2D eigenvalue weighted by Gasteiger charge is 2.16. The highest BCUT2D eigenvalue weighted by Crippen LogP contribution is 2.27. The molecule has 0 atom stereocenters. The predicted octanol–water partition coefficient (Wildman–Crippen LogP) is 2.12. The number of aromatic nitrogens is 1. The van der Waals surface area contributed by atoms with E-state index in [-0.39, 0.29) is 5.69 Å². The van der Waals surface area contributed by atoms with E-state index in [4.69, 9.17) is 4.74 Å². The first-order valence-corrected chi connectivity index (χ1v) is 5.75.